The van der Waals surface area contributed by atoms with E-state index in [1.807, 2.05) is 51.1 Å². The maximum Gasteiger partial charge on any atom is 0.244 e. The second-order valence-electron chi connectivity index (χ2n) is 8.25. The minimum Gasteiger partial charge on any atom is -0.497 e. The molecule has 1 aliphatic rings. The summed E-state index contributed by atoms with van der Waals surface area (Å²) in [5.74, 6) is 2.02. The van der Waals surface area contributed by atoms with Crippen molar-refractivity contribution in [2.75, 3.05) is 20.8 Å². The lowest BCUT2D eigenvalue weighted by molar-refractivity contribution is -0.124. The molecule has 8 heteroatoms. The zero-order chi connectivity index (χ0) is 23.7. The van der Waals surface area contributed by atoms with Crippen LogP contribution < -0.4 is 19.5 Å². The maximum absolute atomic E-state index is 12.7. The van der Waals surface area contributed by atoms with Crippen molar-refractivity contribution in [2.45, 2.75) is 39.3 Å². The van der Waals surface area contributed by atoms with Crippen LogP contribution in [-0.2, 0) is 11.2 Å². The van der Waals surface area contributed by atoms with Gasteiger partial charge in [0.05, 0.1) is 31.5 Å². The third kappa shape index (κ3) is 4.64. The number of ether oxygens (including phenoxy) is 3. The van der Waals surface area contributed by atoms with Gasteiger partial charge in [-0.25, -0.2) is 0 Å². The highest BCUT2D eigenvalue weighted by Crippen LogP contribution is 2.42. The van der Waals surface area contributed by atoms with Crippen molar-refractivity contribution in [2.24, 2.45) is 0 Å². The highest BCUT2D eigenvalue weighted by atomic mass is 35.5. The predicted molar refractivity (Wildman–Crippen MR) is 128 cm³/mol. The van der Waals surface area contributed by atoms with Gasteiger partial charge in [0.25, 0.3) is 0 Å². The van der Waals surface area contributed by atoms with Crippen LogP contribution in [0.25, 0.3) is 11.1 Å². The Hall–Kier alpha value is -3.19. The van der Waals surface area contributed by atoms with Gasteiger partial charge in [-0.3, -0.25) is 9.48 Å². The molecule has 2 atom stereocenters. The topological polar surface area (TPSA) is 74.6 Å². The SMILES string of the molecule is COc1ccc(OC)c(-c2cc(Cl)c3c(c2)C[C@H](CNC(=O)[C@@H](C)n2nc(C)cc2C)O3)c1. The zero-order valence-electron chi connectivity index (χ0n) is 19.4. The smallest absolute Gasteiger partial charge is 0.244 e. The highest BCUT2D eigenvalue weighted by Gasteiger charge is 2.28. The van der Waals surface area contributed by atoms with Gasteiger partial charge < -0.3 is 19.5 Å². The number of amides is 1. The molecule has 0 fully saturated rings. The maximum atomic E-state index is 12.7. The average Bonchev–Trinajstić information content (AvgIpc) is 3.38. The fraction of sp³-hybridized carbons (Fsp3) is 0.360. The van der Waals surface area contributed by atoms with Crippen LogP contribution >= 0.6 is 11.6 Å². The summed E-state index contributed by atoms with van der Waals surface area (Å²) in [7, 11) is 3.26. The molecule has 4 rings (SSSR count). The minimum atomic E-state index is -0.404. The van der Waals surface area contributed by atoms with E-state index >= 15 is 0 Å². The first-order valence-corrected chi connectivity index (χ1v) is 11.2. The molecule has 1 amide bonds. The summed E-state index contributed by atoms with van der Waals surface area (Å²) >= 11 is 6.58. The molecule has 3 aromatic rings. The van der Waals surface area contributed by atoms with Crippen molar-refractivity contribution in [3.8, 4) is 28.4 Å². The lowest BCUT2D eigenvalue weighted by Gasteiger charge is -2.17. The van der Waals surface area contributed by atoms with Crippen LogP contribution in [0.4, 0.5) is 0 Å². The number of hydrogen-bond donors (Lipinski definition) is 1. The summed E-state index contributed by atoms with van der Waals surface area (Å²) in [4.78, 5) is 12.7. The van der Waals surface area contributed by atoms with Crippen LogP contribution in [0.3, 0.4) is 0 Å². The number of carbonyl (C=O) groups excluding carboxylic acids is 1. The number of hydrogen-bond acceptors (Lipinski definition) is 5. The second kappa shape index (κ2) is 9.35. The Labute approximate surface area is 198 Å². The third-order valence-corrected chi connectivity index (χ3v) is 6.15. The molecular weight excluding hydrogens is 442 g/mol. The first-order chi connectivity index (χ1) is 15.8. The number of aryl methyl sites for hydroxylation is 2. The van der Waals surface area contributed by atoms with Crippen molar-refractivity contribution < 1.29 is 19.0 Å². The van der Waals surface area contributed by atoms with E-state index in [0.717, 1.165) is 39.6 Å². The van der Waals surface area contributed by atoms with Crippen LogP contribution in [-0.4, -0.2) is 42.6 Å². The number of methoxy groups -OCH3 is 2. The molecule has 1 aliphatic heterocycles. The number of carbonyl (C=O) groups is 1. The Balaban J connectivity index is 1.47. The molecule has 1 aromatic heterocycles. The van der Waals surface area contributed by atoms with Crippen molar-refractivity contribution in [1.29, 1.82) is 0 Å². The van der Waals surface area contributed by atoms with Gasteiger partial charge in [0, 0.05) is 23.2 Å². The summed E-state index contributed by atoms with van der Waals surface area (Å²) in [5, 5.41) is 7.92. The first-order valence-electron chi connectivity index (χ1n) is 10.8. The van der Waals surface area contributed by atoms with E-state index in [0.29, 0.717) is 23.7 Å². The number of halogens is 1. The Bertz CT molecular complexity index is 1190. The molecule has 0 unspecified atom stereocenters. The largest absolute Gasteiger partial charge is 0.497 e. The molecule has 0 saturated heterocycles. The fourth-order valence-corrected chi connectivity index (χ4v) is 4.49. The monoisotopic (exact) mass is 469 g/mol. The van der Waals surface area contributed by atoms with E-state index in [2.05, 4.69) is 16.5 Å². The van der Waals surface area contributed by atoms with E-state index in [1.165, 1.54) is 0 Å². The second-order valence-corrected chi connectivity index (χ2v) is 8.66. The van der Waals surface area contributed by atoms with Crippen LogP contribution in [0.1, 0.15) is 29.9 Å². The van der Waals surface area contributed by atoms with Gasteiger partial charge in [0.15, 0.2) is 0 Å². The van der Waals surface area contributed by atoms with Gasteiger partial charge in [-0.1, -0.05) is 11.6 Å². The molecule has 0 aliphatic carbocycles. The highest BCUT2D eigenvalue weighted by molar-refractivity contribution is 6.32. The molecule has 1 N–H and O–H groups in total. The summed E-state index contributed by atoms with van der Waals surface area (Å²) in [6.07, 6.45) is 0.445. The lowest BCUT2D eigenvalue weighted by atomic mass is 9.99. The molecular formula is C25H28ClN3O4. The van der Waals surface area contributed by atoms with Crippen LogP contribution in [0.2, 0.25) is 5.02 Å². The molecule has 0 bridgehead atoms. The van der Waals surface area contributed by atoms with E-state index in [4.69, 9.17) is 25.8 Å². The number of benzene rings is 2. The van der Waals surface area contributed by atoms with E-state index in [1.54, 1.807) is 18.9 Å². The summed E-state index contributed by atoms with van der Waals surface area (Å²) in [5.41, 5.74) is 4.64. The number of rotatable bonds is 7. The molecule has 7 nitrogen and oxygen atoms in total. The van der Waals surface area contributed by atoms with E-state index < -0.39 is 6.04 Å². The van der Waals surface area contributed by atoms with Crippen molar-refractivity contribution in [3.05, 3.63) is 58.4 Å². The Morgan fingerprint density at radius 2 is 2.03 bits per heavy atom. The summed E-state index contributed by atoms with van der Waals surface area (Å²) in [6.45, 7) is 6.07. The van der Waals surface area contributed by atoms with E-state index in [-0.39, 0.29) is 12.0 Å². The van der Waals surface area contributed by atoms with Crippen LogP contribution in [0, 0.1) is 13.8 Å². The molecule has 0 spiro atoms. The number of nitrogens with one attached hydrogen (secondary N) is 1. The van der Waals surface area contributed by atoms with Crippen molar-refractivity contribution in [1.82, 2.24) is 15.1 Å². The Morgan fingerprint density at radius 3 is 2.70 bits per heavy atom. The standard InChI is InChI=1S/C25H28ClN3O4/c1-14-8-15(2)29(28-14)16(3)25(30)27-13-20-10-18-9-17(11-22(26)24(18)33-20)21-12-19(31-4)6-7-23(21)32-5/h6-9,11-12,16,20H,10,13H2,1-5H3,(H,27,30)/t16-,20-/m1/s1. The Morgan fingerprint density at radius 1 is 1.24 bits per heavy atom. The molecule has 0 radical (unpaired) electrons. The zero-order valence-corrected chi connectivity index (χ0v) is 20.2. The Kier molecular flexibility index (Phi) is 6.51. The first kappa shape index (κ1) is 23.0. The van der Waals surface area contributed by atoms with Crippen molar-refractivity contribution >= 4 is 17.5 Å². The van der Waals surface area contributed by atoms with Gasteiger partial charge >= 0.3 is 0 Å². The molecule has 0 saturated carbocycles. The van der Waals surface area contributed by atoms with Crippen LogP contribution in [0.15, 0.2) is 36.4 Å². The summed E-state index contributed by atoms with van der Waals surface area (Å²) < 4.78 is 18.7. The molecule has 33 heavy (non-hydrogen) atoms. The predicted octanol–water partition coefficient (Wildman–Crippen LogP) is 4.52. The molecule has 2 aromatic carbocycles. The van der Waals surface area contributed by atoms with Crippen LogP contribution in [0.5, 0.6) is 17.2 Å². The quantitative estimate of drug-likeness (QED) is 0.550. The van der Waals surface area contributed by atoms with Crippen molar-refractivity contribution in [3.63, 3.8) is 0 Å². The van der Waals surface area contributed by atoms with Gasteiger partial charge in [-0.15, -0.1) is 0 Å². The molecule has 174 valence electrons. The van der Waals surface area contributed by atoms with Gasteiger partial charge in [0.2, 0.25) is 5.91 Å². The van der Waals surface area contributed by atoms with Gasteiger partial charge in [-0.05, 0) is 62.7 Å². The number of aromatic nitrogens is 2. The number of nitrogens with zero attached hydrogens (tertiary/aromatic N) is 2. The average molecular weight is 470 g/mol. The van der Waals surface area contributed by atoms with Gasteiger partial charge in [-0.2, -0.15) is 5.10 Å². The molecule has 2 heterocycles. The third-order valence-electron chi connectivity index (χ3n) is 5.87. The fourth-order valence-electron chi connectivity index (χ4n) is 4.21. The lowest BCUT2D eigenvalue weighted by Crippen LogP contribution is -2.38. The number of fused-ring (bicyclic) bond motifs is 1. The van der Waals surface area contributed by atoms with Gasteiger partial charge in [0.1, 0.15) is 29.4 Å². The van der Waals surface area contributed by atoms with E-state index in [9.17, 15) is 4.79 Å². The normalized spacial score (nSPS) is 15.5. The summed E-state index contributed by atoms with van der Waals surface area (Å²) in [6, 6.07) is 11.1. The minimum absolute atomic E-state index is 0.103.